The Bertz CT molecular complexity index is 812. The van der Waals surface area contributed by atoms with E-state index in [-0.39, 0.29) is 11.3 Å². The highest BCUT2D eigenvalue weighted by Crippen LogP contribution is 2.22. The molecule has 0 aliphatic heterocycles. The zero-order chi connectivity index (χ0) is 18.4. The number of hydrogen-bond donors (Lipinski definition) is 2. The first-order chi connectivity index (χ1) is 11.8. The Morgan fingerprint density at radius 3 is 2.20 bits per heavy atom. The van der Waals surface area contributed by atoms with Crippen molar-refractivity contribution in [2.75, 3.05) is 4.72 Å². The summed E-state index contributed by atoms with van der Waals surface area (Å²) in [6, 6.07) is 13.7. The second-order valence-electron chi connectivity index (χ2n) is 6.07. The summed E-state index contributed by atoms with van der Waals surface area (Å²) in [5.41, 5.74) is 2.48. The van der Waals surface area contributed by atoms with Gasteiger partial charge in [-0.2, -0.15) is 0 Å². The minimum absolute atomic E-state index is 0.0207. The summed E-state index contributed by atoms with van der Waals surface area (Å²) < 4.78 is 27.5. The van der Waals surface area contributed by atoms with E-state index in [1.165, 1.54) is 17.7 Å². The molecule has 2 aromatic carbocycles. The summed E-state index contributed by atoms with van der Waals surface area (Å²) in [4.78, 5) is 10.7. The van der Waals surface area contributed by atoms with Gasteiger partial charge in [-0.25, -0.2) is 8.42 Å². The molecule has 2 rings (SSSR count). The lowest BCUT2D eigenvalue weighted by Gasteiger charge is -2.12. The summed E-state index contributed by atoms with van der Waals surface area (Å²) in [6.07, 6.45) is 1.42. The lowest BCUT2D eigenvalue weighted by molar-refractivity contribution is -0.136. The number of benzene rings is 2. The van der Waals surface area contributed by atoms with Gasteiger partial charge in [-0.1, -0.05) is 38.1 Å². The zero-order valence-corrected chi connectivity index (χ0v) is 15.2. The van der Waals surface area contributed by atoms with Crippen molar-refractivity contribution in [3.05, 3.63) is 59.7 Å². The minimum Gasteiger partial charge on any atom is -0.481 e. The molecule has 0 amide bonds. The predicted molar refractivity (Wildman–Crippen MR) is 98.4 cm³/mol. The second-order valence-corrected chi connectivity index (χ2v) is 7.76. The molecule has 0 unspecified atom stereocenters. The van der Waals surface area contributed by atoms with Crippen LogP contribution in [0.4, 0.5) is 5.69 Å². The van der Waals surface area contributed by atoms with Crippen molar-refractivity contribution in [2.24, 2.45) is 0 Å². The van der Waals surface area contributed by atoms with Crippen LogP contribution in [0.2, 0.25) is 0 Å². The smallest absolute Gasteiger partial charge is 0.303 e. The van der Waals surface area contributed by atoms with Gasteiger partial charge in [-0.05, 0) is 54.2 Å². The highest BCUT2D eigenvalue weighted by Gasteiger charge is 2.14. The van der Waals surface area contributed by atoms with Crippen LogP contribution >= 0.6 is 0 Å². The van der Waals surface area contributed by atoms with Crippen molar-refractivity contribution >= 4 is 21.7 Å². The SMILES string of the molecule is CC[C@H](C)c1ccc(NS(=O)(=O)c2ccc(CCC(=O)O)cc2)cc1. The number of carbonyl (C=O) groups is 1. The van der Waals surface area contributed by atoms with Crippen molar-refractivity contribution in [1.82, 2.24) is 0 Å². The molecule has 6 heteroatoms. The highest BCUT2D eigenvalue weighted by atomic mass is 32.2. The summed E-state index contributed by atoms with van der Waals surface area (Å²) in [5, 5.41) is 8.69. The molecule has 0 aliphatic carbocycles. The van der Waals surface area contributed by atoms with E-state index >= 15 is 0 Å². The molecule has 0 heterocycles. The first-order valence-electron chi connectivity index (χ1n) is 8.25. The van der Waals surface area contributed by atoms with Crippen LogP contribution in [-0.2, 0) is 21.2 Å². The molecule has 0 bridgehead atoms. The van der Waals surface area contributed by atoms with Crippen LogP contribution in [0.1, 0.15) is 43.7 Å². The standard InChI is InChI=1S/C19H23NO4S/c1-3-14(2)16-7-9-17(10-8-16)20-25(23,24)18-11-4-15(5-12-18)6-13-19(21)22/h4-5,7-12,14,20H,3,6,13H2,1-2H3,(H,21,22)/t14-/m0/s1. The van der Waals surface area contributed by atoms with E-state index in [2.05, 4.69) is 18.6 Å². The molecule has 25 heavy (non-hydrogen) atoms. The Morgan fingerprint density at radius 2 is 1.68 bits per heavy atom. The number of carboxylic acids is 1. The molecular weight excluding hydrogens is 338 g/mol. The van der Waals surface area contributed by atoms with Crippen LogP contribution in [0.15, 0.2) is 53.4 Å². The van der Waals surface area contributed by atoms with Gasteiger partial charge in [0.2, 0.25) is 0 Å². The first-order valence-corrected chi connectivity index (χ1v) is 9.73. The molecule has 5 nitrogen and oxygen atoms in total. The first kappa shape index (κ1) is 19.0. The Labute approximate surface area is 148 Å². The van der Waals surface area contributed by atoms with Crippen LogP contribution < -0.4 is 4.72 Å². The third-order valence-corrected chi connectivity index (χ3v) is 5.60. The second kappa shape index (κ2) is 8.16. The number of rotatable bonds is 8. The van der Waals surface area contributed by atoms with E-state index in [9.17, 15) is 13.2 Å². The molecule has 0 fully saturated rings. The summed E-state index contributed by atoms with van der Waals surface area (Å²) in [7, 11) is -3.67. The predicted octanol–water partition coefficient (Wildman–Crippen LogP) is 4.02. The largest absolute Gasteiger partial charge is 0.481 e. The van der Waals surface area contributed by atoms with E-state index in [0.717, 1.165) is 12.0 Å². The molecule has 2 aromatic rings. The Morgan fingerprint density at radius 1 is 1.08 bits per heavy atom. The summed E-state index contributed by atoms with van der Waals surface area (Å²) >= 11 is 0. The third-order valence-electron chi connectivity index (χ3n) is 4.21. The van der Waals surface area contributed by atoms with Crippen molar-refractivity contribution in [3.8, 4) is 0 Å². The lowest BCUT2D eigenvalue weighted by atomic mass is 9.99. The molecule has 134 valence electrons. The molecule has 0 spiro atoms. The van der Waals surface area contributed by atoms with E-state index in [1.54, 1.807) is 24.3 Å². The van der Waals surface area contributed by atoms with Gasteiger partial charge in [-0.3, -0.25) is 9.52 Å². The zero-order valence-electron chi connectivity index (χ0n) is 14.4. The third kappa shape index (κ3) is 5.32. The summed E-state index contributed by atoms with van der Waals surface area (Å²) in [5.74, 6) is -0.441. The maximum absolute atomic E-state index is 12.4. The van der Waals surface area contributed by atoms with Gasteiger partial charge in [0.15, 0.2) is 0 Å². The number of nitrogens with one attached hydrogen (secondary N) is 1. The Kier molecular flexibility index (Phi) is 6.20. The average molecular weight is 361 g/mol. The molecule has 1 atom stereocenters. The van der Waals surface area contributed by atoms with Crippen LogP contribution in [0, 0.1) is 0 Å². The topological polar surface area (TPSA) is 83.5 Å². The Balaban J connectivity index is 2.09. The molecule has 0 saturated heterocycles. The van der Waals surface area contributed by atoms with Crippen molar-refractivity contribution < 1.29 is 18.3 Å². The van der Waals surface area contributed by atoms with Crippen LogP contribution in [0.5, 0.6) is 0 Å². The molecule has 0 radical (unpaired) electrons. The monoisotopic (exact) mass is 361 g/mol. The maximum atomic E-state index is 12.4. The molecule has 2 N–H and O–H groups in total. The number of aliphatic carboxylic acids is 1. The van der Waals surface area contributed by atoms with Gasteiger partial charge in [0, 0.05) is 12.1 Å². The van der Waals surface area contributed by atoms with E-state index < -0.39 is 16.0 Å². The van der Waals surface area contributed by atoms with Crippen LogP contribution in [-0.4, -0.2) is 19.5 Å². The van der Waals surface area contributed by atoms with E-state index in [1.807, 2.05) is 12.1 Å². The van der Waals surface area contributed by atoms with E-state index in [4.69, 9.17) is 5.11 Å². The van der Waals surface area contributed by atoms with Crippen molar-refractivity contribution in [3.63, 3.8) is 0 Å². The van der Waals surface area contributed by atoms with Gasteiger partial charge in [-0.15, -0.1) is 0 Å². The fraction of sp³-hybridized carbons (Fsp3) is 0.316. The van der Waals surface area contributed by atoms with E-state index in [0.29, 0.717) is 18.0 Å². The minimum atomic E-state index is -3.67. The normalized spacial score (nSPS) is 12.6. The molecule has 0 aromatic heterocycles. The fourth-order valence-corrected chi connectivity index (χ4v) is 3.47. The number of anilines is 1. The number of carboxylic acid groups (broad SMARTS) is 1. The van der Waals surface area contributed by atoms with Crippen molar-refractivity contribution in [1.29, 1.82) is 0 Å². The van der Waals surface area contributed by atoms with Crippen LogP contribution in [0.3, 0.4) is 0 Å². The molecule has 0 aliphatic rings. The van der Waals surface area contributed by atoms with Crippen LogP contribution in [0.25, 0.3) is 0 Å². The fourth-order valence-electron chi connectivity index (χ4n) is 2.42. The molecule has 0 saturated carbocycles. The highest BCUT2D eigenvalue weighted by molar-refractivity contribution is 7.92. The molecular formula is C19H23NO4S. The van der Waals surface area contributed by atoms with Crippen molar-refractivity contribution in [2.45, 2.75) is 43.9 Å². The maximum Gasteiger partial charge on any atom is 0.303 e. The van der Waals surface area contributed by atoms with Gasteiger partial charge in [0.05, 0.1) is 4.90 Å². The lowest BCUT2D eigenvalue weighted by Crippen LogP contribution is -2.13. The number of hydrogen-bond acceptors (Lipinski definition) is 3. The number of sulfonamides is 1. The average Bonchev–Trinajstić information content (AvgIpc) is 2.60. The Hall–Kier alpha value is -2.34. The van der Waals surface area contributed by atoms with Gasteiger partial charge < -0.3 is 5.11 Å². The van der Waals surface area contributed by atoms with Gasteiger partial charge in [0.1, 0.15) is 0 Å². The summed E-state index contributed by atoms with van der Waals surface area (Å²) in [6.45, 7) is 4.24. The van der Waals surface area contributed by atoms with Gasteiger partial charge in [0.25, 0.3) is 10.0 Å². The number of aryl methyl sites for hydroxylation is 1. The van der Waals surface area contributed by atoms with Gasteiger partial charge >= 0.3 is 5.97 Å². The quantitative estimate of drug-likeness (QED) is 0.744.